The molecular weight excluding hydrogens is 638 g/mol. The SMILES string of the molecule is C[C@@H]1[C@@H](C)C[C@@H](N2CCOCC2)C[C@H](O)[C@@H]2CC[C@H]2CN2C[C@@]3(CCCc4cc(Cl)ccc43)COc3ccc(cc32)C(=O)NS1(=O)=O. The molecule has 2 N–H and O–H groups in total. The molecule has 9 nitrogen and oxygen atoms in total. The maximum Gasteiger partial charge on any atom is 0.264 e. The summed E-state index contributed by atoms with van der Waals surface area (Å²) in [5.74, 6) is 0.265. The average molecular weight is 686 g/mol. The van der Waals surface area contributed by atoms with Gasteiger partial charge in [0.2, 0.25) is 10.0 Å². The van der Waals surface area contributed by atoms with Gasteiger partial charge >= 0.3 is 0 Å². The average Bonchev–Trinajstić information content (AvgIpc) is 3.18. The van der Waals surface area contributed by atoms with E-state index in [2.05, 4.69) is 26.7 Å². The Morgan fingerprint density at radius 1 is 1.06 bits per heavy atom. The highest BCUT2D eigenvalue weighted by molar-refractivity contribution is 7.90. The van der Waals surface area contributed by atoms with Gasteiger partial charge in [0.1, 0.15) is 5.75 Å². The number of nitrogens with zero attached hydrogens (tertiary/aromatic N) is 2. The zero-order chi connectivity index (χ0) is 32.9. The molecule has 7 atom stereocenters. The minimum atomic E-state index is -3.97. The summed E-state index contributed by atoms with van der Waals surface area (Å²) in [5, 5.41) is 11.8. The normalized spacial score (nSPS) is 34.6. The van der Waals surface area contributed by atoms with E-state index in [4.69, 9.17) is 21.1 Å². The number of halogens is 1. The number of amides is 1. The molecule has 3 heterocycles. The van der Waals surface area contributed by atoms with Gasteiger partial charge in [-0.1, -0.05) is 24.6 Å². The molecule has 256 valence electrons. The molecule has 47 heavy (non-hydrogen) atoms. The Morgan fingerprint density at radius 2 is 1.87 bits per heavy atom. The van der Waals surface area contributed by atoms with Crippen LogP contribution < -0.4 is 14.4 Å². The van der Waals surface area contributed by atoms with Crippen LogP contribution in [0.15, 0.2) is 36.4 Å². The van der Waals surface area contributed by atoms with E-state index in [0.717, 1.165) is 62.4 Å². The predicted octanol–water partition coefficient (Wildman–Crippen LogP) is 4.78. The Bertz CT molecular complexity index is 1600. The number of morpholine rings is 1. The first-order valence-electron chi connectivity index (χ1n) is 17.4. The molecule has 1 spiro atoms. The Hall–Kier alpha value is -2.37. The zero-order valence-corrected chi connectivity index (χ0v) is 29.1. The number of aliphatic hydroxyl groups is 1. The summed E-state index contributed by atoms with van der Waals surface area (Å²) in [6, 6.07) is 11.5. The fourth-order valence-corrected chi connectivity index (χ4v) is 10.3. The topological polar surface area (TPSA) is 108 Å². The fraction of sp³-hybridized carbons (Fsp3) is 0.639. The van der Waals surface area contributed by atoms with Crippen molar-refractivity contribution in [3.05, 3.63) is 58.1 Å². The van der Waals surface area contributed by atoms with E-state index < -0.39 is 27.3 Å². The lowest BCUT2D eigenvalue weighted by Gasteiger charge is -2.47. The standard InChI is InChI=1S/C36H48ClN3O6S/c1-23-16-29(39-12-14-45-15-13-39)19-33(41)30-8-5-27(30)20-40-21-36(11-3-4-25-17-28(37)7-9-31(25)36)22-46-34-10-6-26(18-32(34)40)35(42)38-47(43,44)24(23)2/h6-7,9-10,17-18,23-24,27,29-30,33,41H,3-5,8,11-16,19-22H2,1-2H3,(H,38,42)/t23-,24+,27-,29+,30+,33-,36-/m0/s1. The molecule has 7 rings (SSSR count). The Labute approximate surface area is 284 Å². The van der Waals surface area contributed by atoms with E-state index in [1.165, 1.54) is 11.1 Å². The lowest BCUT2D eigenvalue weighted by Crippen LogP contribution is -2.51. The summed E-state index contributed by atoms with van der Waals surface area (Å²) < 4.78 is 41.8. The van der Waals surface area contributed by atoms with Crippen LogP contribution in [0, 0.1) is 17.8 Å². The summed E-state index contributed by atoms with van der Waals surface area (Å²) in [5.41, 5.74) is 3.34. The van der Waals surface area contributed by atoms with Gasteiger partial charge < -0.3 is 19.5 Å². The van der Waals surface area contributed by atoms with Crippen molar-refractivity contribution >= 4 is 33.2 Å². The molecule has 2 fully saturated rings. The van der Waals surface area contributed by atoms with Gasteiger partial charge in [-0.3, -0.25) is 9.69 Å². The quantitative estimate of drug-likeness (QED) is 0.442. The van der Waals surface area contributed by atoms with Crippen LogP contribution >= 0.6 is 11.6 Å². The second-order valence-electron chi connectivity index (χ2n) is 14.8. The Kier molecular flexibility index (Phi) is 9.28. The van der Waals surface area contributed by atoms with E-state index >= 15 is 0 Å². The highest BCUT2D eigenvalue weighted by Gasteiger charge is 2.45. The van der Waals surface area contributed by atoms with Crippen molar-refractivity contribution in [2.75, 3.05) is 50.9 Å². The molecule has 5 aliphatic rings. The van der Waals surface area contributed by atoms with Gasteiger partial charge in [-0.05, 0) is 111 Å². The van der Waals surface area contributed by atoms with Crippen molar-refractivity contribution in [1.29, 1.82) is 0 Å². The summed E-state index contributed by atoms with van der Waals surface area (Å²) >= 11 is 6.43. The molecule has 2 aromatic carbocycles. The van der Waals surface area contributed by atoms with Crippen molar-refractivity contribution < 1.29 is 27.8 Å². The van der Waals surface area contributed by atoms with Crippen LogP contribution in [0.25, 0.3) is 0 Å². The van der Waals surface area contributed by atoms with Crippen LogP contribution in [0.3, 0.4) is 0 Å². The van der Waals surface area contributed by atoms with E-state index in [-0.39, 0.29) is 34.8 Å². The number of benzene rings is 2. The molecule has 2 aliphatic carbocycles. The van der Waals surface area contributed by atoms with Gasteiger partial charge in [0, 0.05) is 48.2 Å². The van der Waals surface area contributed by atoms with Gasteiger partial charge in [0.05, 0.1) is 36.9 Å². The molecular formula is C36H48ClN3O6S. The number of sulfonamides is 1. The lowest BCUT2D eigenvalue weighted by atomic mass is 9.67. The van der Waals surface area contributed by atoms with Crippen LogP contribution in [0.5, 0.6) is 5.75 Å². The number of nitrogens with one attached hydrogen (secondary N) is 1. The number of hydrogen-bond donors (Lipinski definition) is 2. The molecule has 1 saturated heterocycles. The van der Waals surface area contributed by atoms with Crippen molar-refractivity contribution in [2.45, 2.75) is 81.6 Å². The third-order valence-corrected chi connectivity index (χ3v) is 14.1. The second-order valence-corrected chi connectivity index (χ2v) is 17.3. The smallest absolute Gasteiger partial charge is 0.264 e. The summed E-state index contributed by atoms with van der Waals surface area (Å²) in [6.45, 7) is 8.32. The number of anilines is 1. The van der Waals surface area contributed by atoms with Crippen molar-refractivity contribution in [1.82, 2.24) is 9.62 Å². The summed E-state index contributed by atoms with van der Waals surface area (Å²) in [4.78, 5) is 18.3. The maximum atomic E-state index is 13.6. The number of rotatable bonds is 1. The number of ether oxygens (including phenoxy) is 2. The van der Waals surface area contributed by atoms with Crippen LogP contribution in [0.2, 0.25) is 5.02 Å². The first-order valence-corrected chi connectivity index (χ1v) is 19.3. The Balaban J connectivity index is 1.27. The third-order valence-electron chi connectivity index (χ3n) is 12.0. The number of fused-ring (bicyclic) bond motifs is 4. The number of carbonyl (C=O) groups excluding carboxylic acids is 1. The van der Waals surface area contributed by atoms with Gasteiger partial charge in [-0.2, -0.15) is 0 Å². The number of hydrogen-bond acceptors (Lipinski definition) is 8. The first-order chi connectivity index (χ1) is 22.5. The molecule has 11 heteroatoms. The zero-order valence-electron chi connectivity index (χ0n) is 27.5. The highest BCUT2D eigenvalue weighted by Crippen LogP contribution is 2.47. The van der Waals surface area contributed by atoms with Gasteiger partial charge in [0.25, 0.3) is 5.91 Å². The van der Waals surface area contributed by atoms with Gasteiger partial charge in [-0.25, -0.2) is 13.1 Å². The first kappa shape index (κ1) is 33.1. The number of carbonyl (C=O) groups is 1. The highest BCUT2D eigenvalue weighted by atomic mass is 35.5. The van der Waals surface area contributed by atoms with Gasteiger partial charge in [-0.15, -0.1) is 0 Å². The summed E-state index contributed by atoms with van der Waals surface area (Å²) in [7, 11) is -3.97. The number of aryl methyl sites for hydroxylation is 1. The molecule has 0 aromatic heterocycles. The van der Waals surface area contributed by atoms with Crippen molar-refractivity contribution in [3.8, 4) is 5.75 Å². The minimum absolute atomic E-state index is 0.0196. The molecule has 1 amide bonds. The Morgan fingerprint density at radius 3 is 2.64 bits per heavy atom. The van der Waals surface area contributed by atoms with E-state index in [0.29, 0.717) is 45.0 Å². The van der Waals surface area contributed by atoms with E-state index in [1.807, 2.05) is 19.1 Å². The summed E-state index contributed by atoms with van der Waals surface area (Å²) in [6.07, 6.45) is 5.67. The fourth-order valence-electron chi connectivity index (χ4n) is 8.86. The predicted molar refractivity (Wildman–Crippen MR) is 183 cm³/mol. The molecule has 0 radical (unpaired) electrons. The van der Waals surface area contributed by atoms with Crippen molar-refractivity contribution in [2.24, 2.45) is 17.8 Å². The minimum Gasteiger partial charge on any atom is -0.490 e. The van der Waals surface area contributed by atoms with E-state index in [1.54, 1.807) is 19.1 Å². The van der Waals surface area contributed by atoms with Crippen LogP contribution in [0.4, 0.5) is 5.69 Å². The van der Waals surface area contributed by atoms with Crippen molar-refractivity contribution in [3.63, 3.8) is 0 Å². The molecule has 3 aliphatic heterocycles. The molecule has 2 bridgehead atoms. The molecule has 1 saturated carbocycles. The lowest BCUT2D eigenvalue weighted by molar-refractivity contribution is -0.0324. The maximum absolute atomic E-state index is 13.6. The van der Waals surface area contributed by atoms with Crippen LogP contribution in [-0.4, -0.2) is 87.7 Å². The van der Waals surface area contributed by atoms with E-state index in [9.17, 15) is 18.3 Å². The largest absolute Gasteiger partial charge is 0.490 e. The third kappa shape index (κ3) is 6.53. The molecule has 2 aromatic rings. The van der Waals surface area contributed by atoms with Gasteiger partial charge in [0.15, 0.2) is 0 Å². The molecule has 0 unspecified atom stereocenters. The van der Waals surface area contributed by atoms with Crippen LogP contribution in [-0.2, 0) is 26.6 Å². The number of aliphatic hydroxyl groups excluding tert-OH is 1. The monoisotopic (exact) mass is 685 g/mol. The van der Waals surface area contributed by atoms with Crippen LogP contribution in [0.1, 0.15) is 73.9 Å². The second kappa shape index (κ2) is 13.2.